The second kappa shape index (κ2) is 9.62. The Morgan fingerprint density at radius 3 is 2.24 bits per heavy atom. The molecule has 0 radical (unpaired) electrons. The van der Waals surface area contributed by atoms with Crippen molar-refractivity contribution >= 4 is 22.4 Å². The van der Waals surface area contributed by atoms with Gasteiger partial charge in [0.1, 0.15) is 11.6 Å². The zero-order valence-electron chi connectivity index (χ0n) is 19.4. The molecule has 2 aromatic heterocycles. The van der Waals surface area contributed by atoms with Crippen molar-refractivity contribution < 1.29 is 26.3 Å². The van der Waals surface area contributed by atoms with Crippen LogP contribution in [0.1, 0.15) is 29.8 Å². The minimum atomic E-state index is -4.58. The van der Waals surface area contributed by atoms with Crippen LogP contribution in [0.5, 0.6) is 0 Å². The van der Waals surface area contributed by atoms with Crippen molar-refractivity contribution in [2.24, 2.45) is 0 Å². The smallest absolute Gasteiger partial charge is 0.340 e. The molecule has 2 aromatic carbocycles. The molecule has 1 N–H and O–H groups in total. The lowest BCUT2D eigenvalue weighted by atomic mass is 10.0. The van der Waals surface area contributed by atoms with Crippen LogP contribution in [0.2, 0.25) is 0 Å². The van der Waals surface area contributed by atoms with Crippen LogP contribution < -0.4 is 5.32 Å². The SMILES string of the molecule is FC(F)(F)c1ccc(Nc2nc(CN3CCCC3)nc3cc(-c4ncccc4C(F)(F)F)ccc23)cc1. The first-order valence-corrected chi connectivity index (χ1v) is 11.6. The van der Waals surface area contributed by atoms with Crippen LogP contribution in [-0.4, -0.2) is 32.9 Å². The number of hydrogen-bond donors (Lipinski definition) is 1. The quantitative estimate of drug-likeness (QED) is 0.287. The van der Waals surface area contributed by atoms with Crippen molar-refractivity contribution in [2.45, 2.75) is 31.7 Å². The summed E-state index contributed by atoms with van der Waals surface area (Å²) in [6.45, 7) is 2.21. The second-order valence-corrected chi connectivity index (χ2v) is 8.80. The summed E-state index contributed by atoms with van der Waals surface area (Å²) < 4.78 is 79.7. The van der Waals surface area contributed by atoms with Gasteiger partial charge in [0.25, 0.3) is 0 Å². The Morgan fingerprint density at radius 2 is 1.57 bits per heavy atom. The largest absolute Gasteiger partial charge is 0.418 e. The summed E-state index contributed by atoms with van der Waals surface area (Å²) in [7, 11) is 0. The van der Waals surface area contributed by atoms with Crippen LogP contribution in [0.4, 0.5) is 37.8 Å². The predicted octanol–water partition coefficient (Wildman–Crippen LogP) is 7.07. The van der Waals surface area contributed by atoms with Crippen LogP contribution in [0.15, 0.2) is 60.8 Å². The normalized spacial score (nSPS) is 14.9. The number of anilines is 2. The van der Waals surface area contributed by atoms with E-state index in [-0.39, 0.29) is 11.3 Å². The number of pyridine rings is 1. The first-order chi connectivity index (χ1) is 17.6. The number of aromatic nitrogens is 3. The number of alkyl halides is 6. The minimum Gasteiger partial charge on any atom is -0.340 e. The van der Waals surface area contributed by atoms with Gasteiger partial charge in [-0.15, -0.1) is 0 Å². The van der Waals surface area contributed by atoms with Crippen LogP contribution in [0.25, 0.3) is 22.2 Å². The zero-order chi connectivity index (χ0) is 26.2. The number of fused-ring (bicyclic) bond motifs is 1. The lowest BCUT2D eigenvalue weighted by Crippen LogP contribution is -2.20. The number of nitrogens with zero attached hydrogens (tertiary/aromatic N) is 4. The Bertz CT molecular complexity index is 1410. The first-order valence-electron chi connectivity index (χ1n) is 11.6. The van der Waals surface area contributed by atoms with Crippen molar-refractivity contribution in [1.82, 2.24) is 19.9 Å². The van der Waals surface area contributed by atoms with Crippen molar-refractivity contribution in [2.75, 3.05) is 18.4 Å². The van der Waals surface area contributed by atoms with Gasteiger partial charge in [0.15, 0.2) is 0 Å². The second-order valence-electron chi connectivity index (χ2n) is 8.80. The van der Waals surface area contributed by atoms with Gasteiger partial charge in [0, 0.05) is 22.8 Å². The Labute approximate surface area is 208 Å². The first kappa shape index (κ1) is 24.9. The maximum atomic E-state index is 13.6. The van der Waals surface area contributed by atoms with E-state index in [1.807, 2.05) is 0 Å². The Hall–Kier alpha value is -3.73. The average Bonchev–Trinajstić information content (AvgIpc) is 3.36. The summed E-state index contributed by atoms with van der Waals surface area (Å²) in [5, 5.41) is 3.57. The Morgan fingerprint density at radius 1 is 0.838 bits per heavy atom. The van der Waals surface area contributed by atoms with E-state index in [2.05, 4.69) is 25.2 Å². The molecule has 0 spiro atoms. The van der Waals surface area contributed by atoms with Crippen LogP contribution in [-0.2, 0) is 18.9 Å². The van der Waals surface area contributed by atoms with Crippen molar-refractivity contribution in [3.63, 3.8) is 0 Å². The number of likely N-dealkylation sites (tertiary alicyclic amines) is 1. The van der Waals surface area contributed by atoms with Gasteiger partial charge in [0.2, 0.25) is 0 Å². The van der Waals surface area contributed by atoms with E-state index in [1.54, 1.807) is 6.07 Å². The van der Waals surface area contributed by atoms with Gasteiger partial charge >= 0.3 is 12.4 Å². The highest BCUT2D eigenvalue weighted by atomic mass is 19.4. The van der Waals surface area contributed by atoms with Gasteiger partial charge < -0.3 is 5.32 Å². The molecule has 1 fully saturated rings. The highest BCUT2D eigenvalue weighted by Crippen LogP contribution is 2.37. The van der Waals surface area contributed by atoms with E-state index in [9.17, 15) is 26.3 Å². The van der Waals surface area contributed by atoms with Crippen molar-refractivity contribution in [3.05, 3.63) is 77.7 Å². The van der Waals surface area contributed by atoms with Gasteiger partial charge in [-0.3, -0.25) is 9.88 Å². The number of hydrogen-bond acceptors (Lipinski definition) is 5. The molecule has 3 heterocycles. The molecule has 0 bridgehead atoms. The van der Waals surface area contributed by atoms with E-state index in [1.165, 1.54) is 36.5 Å². The zero-order valence-corrected chi connectivity index (χ0v) is 19.4. The Kier molecular flexibility index (Phi) is 6.49. The standard InChI is InChI=1S/C26H21F6N5/c27-25(28,29)17-6-8-18(9-7-17)34-24-19-10-5-16(23-20(26(30,31)32)4-3-11-33-23)14-21(19)35-22(36-24)15-37-12-1-2-13-37/h3-11,14H,1-2,12-13,15H2,(H,34,35,36). The summed E-state index contributed by atoms with van der Waals surface area (Å²) in [5.41, 5.74) is -0.826. The van der Waals surface area contributed by atoms with Gasteiger partial charge in [-0.2, -0.15) is 26.3 Å². The predicted molar refractivity (Wildman–Crippen MR) is 127 cm³/mol. The molecule has 37 heavy (non-hydrogen) atoms. The third-order valence-electron chi connectivity index (χ3n) is 6.17. The van der Waals surface area contributed by atoms with Gasteiger partial charge in [-0.05, 0) is 74.5 Å². The summed E-state index contributed by atoms with van der Waals surface area (Å²) in [4.78, 5) is 15.4. The third-order valence-corrected chi connectivity index (χ3v) is 6.17. The average molecular weight is 517 g/mol. The van der Waals surface area contributed by atoms with E-state index in [0.29, 0.717) is 34.8 Å². The maximum absolute atomic E-state index is 13.6. The fraction of sp³-hybridized carbons (Fsp3) is 0.269. The van der Waals surface area contributed by atoms with Crippen molar-refractivity contribution in [3.8, 4) is 11.3 Å². The molecule has 192 valence electrons. The fourth-order valence-electron chi connectivity index (χ4n) is 4.38. The minimum absolute atomic E-state index is 0.214. The lowest BCUT2D eigenvalue weighted by Gasteiger charge is -2.17. The summed E-state index contributed by atoms with van der Waals surface area (Å²) >= 11 is 0. The molecule has 4 aromatic rings. The molecule has 1 aliphatic heterocycles. The number of rotatable bonds is 5. The molecule has 1 aliphatic rings. The van der Waals surface area contributed by atoms with Crippen LogP contribution >= 0.6 is 0 Å². The summed E-state index contributed by atoms with van der Waals surface area (Å²) in [6.07, 6.45) is -5.64. The fourth-order valence-corrected chi connectivity index (χ4v) is 4.38. The summed E-state index contributed by atoms with van der Waals surface area (Å²) in [6, 6.07) is 11.4. The van der Waals surface area contributed by atoms with Crippen molar-refractivity contribution in [1.29, 1.82) is 0 Å². The molecule has 0 saturated carbocycles. The van der Waals surface area contributed by atoms with E-state index in [4.69, 9.17) is 0 Å². The highest BCUT2D eigenvalue weighted by molar-refractivity contribution is 5.93. The van der Waals surface area contributed by atoms with Gasteiger partial charge in [0.05, 0.1) is 28.9 Å². The molecule has 0 amide bonds. The molecule has 0 unspecified atom stereocenters. The molecule has 0 atom stereocenters. The molecular formula is C26H21F6N5. The van der Waals surface area contributed by atoms with Crippen LogP contribution in [0.3, 0.4) is 0 Å². The Balaban J connectivity index is 1.57. The summed E-state index contributed by atoms with van der Waals surface area (Å²) in [5.74, 6) is 0.806. The maximum Gasteiger partial charge on any atom is 0.418 e. The van der Waals surface area contributed by atoms with Crippen LogP contribution in [0, 0.1) is 0 Å². The van der Waals surface area contributed by atoms with E-state index < -0.39 is 23.5 Å². The molecular weight excluding hydrogens is 496 g/mol. The van der Waals surface area contributed by atoms with Gasteiger partial charge in [-0.1, -0.05) is 6.07 Å². The number of nitrogens with one attached hydrogen (secondary N) is 1. The lowest BCUT2D eigenvalue weighted by molar-refractivity contribution is -0.138. The molecule has 1 saturated heterocycles. The third kappa shape index (κ3) is 5.51. The topological polar surface area (TPSA) is 53.9 Å². The molecule has 5 nitrogen and oxygen atoms in total. The van der Waals surface area contributed by atoms with E-state index >= 15 is 0 Å². The molecule has 0 aliphatic carbocycles. The highest BCUT2D eigenvalue weighted by Gasteiger charge is 2.34. The monoisotopic (exact) mass is 517 g/mol. The van der Waals surface area contributed by atoms with E-state index in [0.717, 1.165) is 44.1 Å². The molecule has 11 heteroatoms. The number of benzene rings is 2. The number of halogens is 6. The molecule has 5 rings (SSSR count). The van der Waals surface area contributed by atoms with Gasteiger partial charge in [-0.25, -0.2) is 9.97 Å².